The van der Waals surface area contributed by atoms with Crippen LogP contribution in [0.15, 0.2) is 23.2 Å². The fourth-order valence-electron chi connectivity index (χ4n) is 1.91. The van der Waals surface area contributed by atoms with Gasteiger partial charge in [-0.15, -0.1) is 0 Å². The minimum atomic E-state index is -3.55. The second-order valence-electron chi connectivity index (χ2n) is 4.26. The fraction of sp³-hybridized carbons (Fsp3) is 0.500. The molecule has 1 aliphatic heterocycles. The summed E-state index contributed by atoms with van der Waals surface area (Å²) in [6.45, 7) is 3.07. The van der Waals surface area contributed by atoms with E-state index in [0.717, 1.165) is 6.42 Å². The summed E-state index contributed by atoms with van der Waals surface area (Å²) in [6, 6.07) is 4.68. The molecule has 2 heterocycles. The van der Waals surface area contributed by atoms with Gasteiger partial charge in [-0.3, -0.25) is 0 Å². The van der Waals surface area contributed by atoms with Crippen LogP contribution in [0.4, 0.5) is 0 Å². The van der Waals surface area contributed by atoms with Crippen LogP contribution in [0.2, 0.25) is 0 Å². The maximum absolute atomic E-state index is 12.4. The summed E-state index contributed by atoms with van der Waals surface area (Å²) in [4.78, 5) is 3.91. The van der Waals surface area contributed by atoms with E-state index in [1.807, 2.05) is 13.0 Å². The molecule has 7 heteroatoms. The molecule has 102 valence electrons. The summed E-state index contributed by atoms with van der Waals surface area (Å²) in [7, 11) is -3.55. The molecule has 1 saturated heterocycles. The first-order valence-corrected chi connectivity index (χ1v) is 7.50. The lowest BCUT2D eigenvalue weighted by molar-refractivity contribution is -0.00278. The molecule has 0 amide bonds. The van der Waals surface area contributed by atoms with Crippen molar-refractivity contribution in [3.63, 3.8) is 0 Å². The number of nitrogens with zero attached hydrogens (tertiary/aromatic N) is 3. The number of hydrogen-bond acceptors (Lipinski definition) is 5. The lowest BCUT2D eigenvalue weighted by Crippen LogP contribution is -2.45. The van der Waals surface area contributed by atoms with Crippen LogP contribution in [0.25, 0.3) is 0 Å². The number of sulfonamides is 1. The molecule has 1 atom stereocenters. The maximum Gasteiger partial charge on any atom is 0.244 e. The molecule has 2 rings (SSSR count). The van der Waals surface area contributed by atoms with Crippen molar-refractivity contribution >= 4 is 10.0 Å². The summed E-state index contributed by atoms with van der Waals surface area (Å²) in [5, 5.41) is 8.66. The lowest BCUT2D eigenvalue weighted by atomic mass is 10.2. The highest BCUT2D eigenvalue weighted by Gasteiger charge is 2.30. The Labute approximate surface area is 112 Å². The van der Waals surface area contributed by atoms with Crippen molar-refractivity contribution in [2.75, 3.05) is 19.7 Å². The van der Waals surface area contributed by atoms with E-state index in [-0.39, 0.29) is 16.7 Å². The second-order valence-corrected chi connectivity index (χ2v) is 6.19. The molecule has 19 heavy (non-hydrogen) atoms. The van der Waals surface area contributed by atoms with E-state index in [2.05, 4.69) is 4.98 Å². The van der Waals surface area contributed by atoms with Gasteiger partial charge in [-0.2, -0.15) is 9.57 Å². The van der Waals surface area contributed by atoms with E-state index >= 15 is 0 Å². The minimum Gasteiger partial charge on any atom is -0.375 e. The number of nitriles is 1. The van der Waals surface area contributed by atoms with Gasteiger partial charge < -0.3 is 4.74 Å². The van der Waals surface area contributed by atoms with Crippen LogP contribution in [0, 0.1) is 11.3 Å². The predicted molar refractivity (Wildman–Crippen MR) is 67.7 cm³/mol. The largest absolute Gasteiger partial charge is 0.375 e. The van der Waals surface area contributed by atoms with Crippen molar-refractivity contribution in [2.45, 2.75) is 24.3 Å². The third-order valence-electron chi connectivity index (χ3n) is 3.05. The average molecular weight is 281 g/mol. The molecule has 1 aromatic heterocycles. The molecule has 0 spiro atoms. The fourth-order valence-corrected chi connectivity index (χ4v) is 3.31. The molecule has 0 aliphatic carbocycles. The van der Waals surface area contributed by atoms with Gasteiger partial charge in [-0.05, 0) is 18.6 Å². The highest BCUT2D eigenvalue weighted by Crippen LogP contribution is 2.19. The molecule has 6 nitrogen and oxygen atoms in total. The van der Waals surface area contributed by atoms with Gasteiger partial charge in [-0.1, -0.05) is 6.92 Å². The molecular weight excluding hydrogens is 266 g/mol. The number of hydrogen-bond donors (Lipinski definition) is 0. The van der Waals surface area contributed by atoms with Crippen molar-refractivity contribution < 1.29 is 13.2 Å². The van der Waals surface area contributed by atoms with Crippen molar-refractivity contribution in [1.29, 1.82) is 5.26 Å². The van der Waals surface area contributed by atoms with E-state index < -0.39 is 10.0 Å². The zero-order chi connectivity index (χ0) is 13.9. The van der Waals surface area contributed by atoms with E-state index in [4.69, 9.17) is 10.00 Å². The predicted octanol–water partition coefficient (Wildman–Crippen LogP) is 0.753. The lowest BCUT2D eigenvalue weighted by Gasteiger charge is -2.31. The van der Waals surface area contributed by atoms with Crippen molar-refractivity contribution in [3.8, 4) is 6.07 Å². The van der Waals surface area contributed by atoms with Crippen molar-refractivity contribution in [2.24, 2.45) is 0 Å². The van der Waals surface area contributed by atoms with Crippen molar-refractivity contribution in [3.05, 3.63) is 24.0 Å². The summed E-state index contributed by atoms with van der Waals surface area (Å²) < 4.78 is 31.7. The number of ether oxygens (including phenoxy) is 1. The zero-order valence-corrected chi connectivity index (χ0v) is 11.4. The Balaban J connectivity index is 2.23. The molecule has 0 bridgehead atoms. The Hall–Kier alpha value is -1.49. The summed E-state index contributed by atoms with van der Waals surface area (Å²) >= 11 is 0. The Kier molecular flexibility index (Phi) is 4.14. The maximum atomic E-state index is 12.4. The van der Waals surface area contributed by atoms with Gasteiger partial charge in [0, 0.05) is 19.3 Å². The van der Waals surface area contributed by atoms with Crippen molar-refractivity contribution in [1.82, 2.24) is 9.29 Å². The number of pyridine rings is 1. The molecular formula is C12H15N3O3S. The molecule has 1 unspecified atom stereocenters. The number of rotatable bonds is 3. The molecule has 1 aromatic rings. The van der Waals surface area contributed by atoms with E-state index in [9.17, 15) is 8.42 Å². The smallest absolute Gasteiger partial charge is 0.244 e. The molecule has 0 N–H and O–H groups in total. The second kappa shape index (κ2) is 5.65. The van der Waals surface area contributed by atoms with Crippen LogP contribution in [-0.2, 0) is 14.8 Å². The van der Waals surface area contributed by atoms with Crippen LogP contribution in [0.3, 0.4) is 0 Å². The molecule has 0 radical (unpaired) electrons. The molecule has 1 fully saturated rings. The SMILES string of the molecule is CCC1CN(S(=O)(=O)c2ccc(C#N)nc2)CCO1. The van der Waals surface area contributed by atoms with Crippen LogP contribution in [0.5, 0.6) is 0 Å². The van der Waals surface area contributed by atoms with Crippen LogP contribution < -0.4 is 0 Å². The van der Waals surface area contributed by atoms with Crippen LogP contribution in [-0.4, -0.2) is 43.5 Å². The summed E-state index contributed by atoms with van der Waals surface area (Å²) in [5.74, 6) is 0. The van der Waals surface area contributed by atoms with E-state index in [1.54, 1.807) is 0 Å². The Morgan fingerprint density at radius 2 is 2.37 bits per heavy atom. The molecule has 0 saturated carbocycles. The van der Waals surface area contributed by atoms with Gasteiger partial charge >= 0.3 is 0 Å². The minimum absolute atomic E-state index is 0.0603. The highest BCUT2D eigenvalue weighted by molar-refractivity contribution is 7.89. The first-order valence-electron chi connectivity index (χ1n) is 6.06. The summed E-state index contributed by atoms with van der Waals surface area (Å²) in [5.41, 5.74) is 0.201. The zero-order valence-electron chi connectivity index (χ0n) is 10.6. The van der Waals surface area contributed by atoms with Gasteiger partial charge in [0.25, 0.3) is 0 Å². The van der Waals surface area contributed by atoms with Gasteiger partial charge in [0.05, 0.1) is 12.7 Å². The quantitative estimate of drug-likeness (QED) is 0.816. The van der Waals surface area contributed by atoms with Crippen LogP contribution in [0.1, 0.15) is 19.0 Å². The summed E-state index contributed by atoms with van der Waals surface area (Å²) in [6.07, 6.45) is 1.94. The molecule has 0 aromatic carbocycles. The third-order valence-corrected chi connectivity index (χ3v) is 4.89. The molecule has 1 aliphatic rings. The normalized spacial score (nSPS) is 20.9. The first kappa shape index (κ1) is 13.9. The van der Waals surface area contributed by atoms with E-state index in [0.29, 0.717) is 19.7 Å². The average Bonchev–Trinajstić information content (AvgIpc) is 2.47. The Morgan fingerprint density at radius 3 is 2.95 bits per heavy atom. The Morgan fingerprint density at radius 1 is 1.58 bits per heavy atom. The Bertz CT molecular complexity index is 577. The van der Waals surface area contributed by atoms with E-state index in [1.165, 1.54) is 22.6 Å². The number of morpholine rings is 1. The highest BCUT2D eigenvalue weighted by atomic mass is 32.2. The monoisotopic (exact) mass is 281 g/mol. The van der Waals surface area contributed by atoms with Gasteiger partial charge in [0.2, 0.25) is 10.0 Å². The van der Waals surface area contributed by atoms with Gasteiger partial charge in [0.1, 0.15) is 16.7 Å². The third kappa shape index (κ3) is 2.92. The first-order chi connectivity index (χ1) is 9.07. The standard InChI is InChI=1S/C12H15N3O3S/c1-2-11-9-15(5-6-18-11)19(16,17)12-4-3-10(7-13)14-8-12/h3-4,8,11H,2,5-6,9H2,1H3. The number of aromatic nitrogens is 1. The van der Waals surface area contributed by atoms with Crippen LogP contribution >= 0.6 is 0 Å². The topological polar surface area (TPSA) is 83.3 Å². The van der Waals surface area contributed by atoms with Gasteiger partial charge in [0.15, 0.2) is 0 Å². The van der Waals surface area contributed by atoms with Gasteiger partial charge in [-0.25, -0.2) is 13.4 Å².